The van der Waals surface area contributed by atoms with Gasteiger partial charge in [-0.05, 0) is 48.7 Å². The largest absolute Gasteiger partial charge is 0.543 e. The molecular weight excluding hydrogens is 438 g/mol. The number of hydrogen-bond donors (Lipinski definition) is 1. The highest BCUT2D eigenvalue weighted by atomic mass is 16.5. The summed E-state index contributed by atoms with van der Waals surface area (Å²) in [7, 11) is 0. The van der Waals surface area contributed by atoms with Crippen LogP contribution < -0.4 is 15.1 Å². The monoisotopic (exact) mass is 468 g/mol. The van der Waals surface area contributed by atoms with Gasteiger partial charge in [0, 0.05) is 6.42 Å². The minimum absolute atomic E-state index is 0.142. The molecule has 1 N–H and O–H groups in total. The molecule has 34 heavy (non-hydrogen) atoms. The van der Waals surface area contributed by atoms with Gasteiger partial charge < -0.3 is 33.9 Å². The second-order valence-electron chi connectivity index (χ2n) is 7.82. The van der Waals surface area contributed by atoms with Crippen molar-refractivity contribution in [3.63, 3.8) is 0 Å². The maximum absolute atomic E-state index is 12.8. The molecule has 3 rings (SSSR count). The summed E-state index contributed by atoms with van der Waals surface area (Å²) in [5.74, 6) is -3.95. The summed E-state index contributed by atoms with van der Waals surface area (Å²) in [5.41, 5.74) is 1.14. The highest BCUT2D eigenvalue weighted by Gasteiger charge is 2.23. The van der Waals surface area contributed by atoms with E-state index >= 15 is 0 Å². The summed E-state index contributed by atoms with van der Waals surface area (Å²) < 4.78 is 11.1. The third kappa shape index (κ3) is 8.71. The van der Waals surface area contributed by atoms with E-state index in [2.05, 4.69) is 44.2 Å². The number of carbonyl (C=O) groups excluding carboxylic acids is 3. The van der Waals surface area contributed by atoms with Crippen molar-refractivity contribution in [1.82, 2.24) is 0 Å². The molecule has 1 unspecified atom stereocenters. The van der Waals surface area contributed by atoms with E-state index in [0.717, 1.165) is 31.0 Å². The molecule has 0 amide bonds. The number of nitrogens with one attached hydrogen (secondary N) is 1. The van der Waals surface area contributed by atoms with Gasteiger partial charge in [-0.1, -0.05) is 42.5 Å². The van der Waals surface area contributed by atoms with Crippen LogP contribution in [0.25, 0.3) is 10.8 Å². The van der Waals surface area contributed by atoms with Crippen LogP contribution in [-0.4, -0.2) is 44.1 Å². The van der Waals surface area contributed by atoms with Crippen molar-refractivity contribution in [3.05, 3.63) is 72.2 Å². The van der Waals surface area contributed by atoms with Gasteiger partial charge in [-0.25, -0.2) is 0 Å². The molecule has 0 spiro atoms. The topological polar surface area (TPSA) is 124 Å². The van der Waals surface area contributed by atoms with Crippen molar-refractivity contribution >= 4 is 28.7 Å². The van der Waals surface area contributed by atoms with Gasteiger partial charge in [-0.2, -0.15) is 0 Å². The first-order chi connectivity index (χ1) is 16.3. The molecule has 8 nitrogen and oxygen atoms in total. The van der Waals surface area contributed by atoms with Crippen LogP contribution in [0.1, 0.15) is 25.2 Å². The van der Waals surface area contributed by atoms with Crippen molar-refractivity contribution < 1.29 is 38.7 Å². The number of fused-ring (bicyclic) bond motifs is 1. The highest BCUT2D eigenvalue weighted by Crippen LogP contribution is 2.21. The number of esters is 1. The lowest BCUT2D eigenvalue weighted by molar-refractivity contribution is -0.896. The summed E-state index contributed by atoms with van der Waals surface area (Å²) in [5, 5.41) is 20.2. The lowest BCUT2D eigenvalue weighted by Gasteiger charge is -2.18. The van der Waals surface area contributed by atoms with E-state index in [-0.39, 0.29) is 11.9 Å². The van der Waals surface area contributed by atoms with Crippen molar-refractivity contribution in [2.45, 2.75) is 26.7 Å². The van der Waals surface area contributed by atoms with E-state index in [1.165, 1.54) is 15.7 Å². The molecule has 2 aromatic carbocycles. The van der Waals surface area contributed by atoms with Crippen molar-refractivity contribution in [1.29, 1.82) is 0 Å². The number of carboxylic acid groups (broad SMARTS) is 2. The van der Waals surface area contributed by atoms with Crippen molar-refractivity contribution in [2.24, 2.45) is 5.92 Å². The van der Waals surface area contributed by atoms with E-state index in [0.29, 0.717) is 19.4 Å². The van der Waals surface area contributed by atoms with E-state index < -0.39 is 11.9 Å². The van der Waals surface area contributed by atoms with Crippen LogP contribution in [0, 0.1) is 5.92 Å². The van der Waals surface area contributed by atoms with Gasteiger partial charge in [0.25, 0.3) is 0 Å². The zero-order valence-corrected chi connectivity index (χ0v) is 19.5. The SMILES string of the molecule is CC[NH+](CC)CCOC(=O)C(Cc1ccc2ccccc2c1)Cc1ccco1.O=C([O-])C(=O)[O-]. The first-order valence-electron chi connectivity index (χ1n) is 11.3. The van der Waals surface area contributed by atoms with Gasteiger partial charge in [0.05, 0.1) is 37.2 Å². The Hall–Kier alpha value is -3.65. The van der Waals surface area contributed by atoms with Gasteiger partial charge in [-0.3, -0.25) is 4.79 Å². The standard InChI is InChI=1S/C24H29NO3.C2H2O4/c1-3-25(4-2)13-15-28-24(26)22(18-23-10-7-14-27-23)17-19-11-12-20-8-5-6-9-21(20)16-19;3-1(4)2(5)6/h5-12,14,16,22H,3-4,13,15,17-18H2,1-2H3;(H,3,4)(H,5,6)/p-1. The number of aliphatic carboxylic acids is 2. The summed E-state index contributed by atoms with van der Waals surface area (Å²) in [6.45, 7) is 7.70. The number of benzene rings is 2. The quantitative estimate of drug-likeness (QED) is 0.322. The Morgan fingerprint density at radius 2 is 1.59 bits per heavy atom. The number of rotatable bonds is 10. The molecular formula is C26H30NO7-. The minimum atomic E-state index is -2.19. The maximum atomic E-state index is 12.8. The van der Waals surface area contributed by atoms with Crippen LogP contribution in [0.3, 0.4) is 0 Å². The van der Waals surface area contributed by atoms with Gasteiger partial charge in [0.1, 0.15) is 18.9 Å². The molecule has 3 aromatic rings. The zero-order valence-electron chi connectivity index (χ0n) is 19.5. The Balaban J connectivity index is 0.000000604. The Morgan fingerprint density at radius 1 is 0.912 bits per heavy atom. The van der Waals surface area contributed by atoms with Gasteiger partial charge in [-0.15, -0.1) is 0 Å². The summed E-state index contributed by atoms with van der Waals surface area (Å²) in [6, 6.07) is 18.4. The predicted molar refractivity (Wildman–Crippen MR) is 121 cm³/mol. The molecule has 182 valence electrons. The average Bonchev–Trinajstić information content (AvgIpc) is 3.35. The first kappa shape index (κ1) is 26.6. The molecule has 1 heterocycles. The highest BCUT2D eigenvalue weighted by molar-refractivity contribution is 6.25. The summed E-state index contributed by atoms with van der Waals surface area (Å²) >= 11 is 0. The lowest BCUT2D eigenvalue weighted by atomic mass is 9.94. The molecule has 1 aromatic heterocycles. The third-order valence-corrected chi connectivity index (χ3v) is 5.52. The van der Waals surface area contributed by atoms with Crippen LogP contribution in [0.4, 0.5) is 0 Å². The molecule has 0 aliphatic heterocycles. The molecule has 0 fully saturated rings. The zero-order chi connectivity index (χ0) is 24.9. The number of carbonyl (C=O) groups is 3. The van der Waals surface area contributed by atoms with E-state index in [9.17, 15) is 4.79 Å². The fourth-order valence-corrected chi connectivity index (χ4v) is 3.58. The van der Waals surface area contributed by atoms with E-state index in [1.807, 2.05) is 24.3 Å². The second-order valence-corrected chi connectivity index (χ2v) is 7.82. The minimum Gasteiger partial charge on any atom is -0.543 e. The first-order valence-corrected chi connectivity index (χ1v) is 11.3. The van der Waals surface area contributed by atoms with E-state index in [4.69, 9.17) is 29.0 Å². The van der Waals surface area contributed by atoms with Gasteiger partial charge >= 0.3 is 5.97 Å². The van der Waals surface area contributed by atoms with Crippen LogP contribution >= 0.6 is 0 Å². The molecule has 0 saturated carbocycles. The average molecular weight is 469 g/mol. The number of ether oxygens (including phenoxy) is 1. The Kier molecular flexibility index (Phi) is 10.8. The molecule has 0 aliphatic carbocycles. The van der Waals surface area contributed by atoms with Gasteiger partial charge in [0.15, 0.2) is 0 Å². The molecule has 0 bridgehead atoms. The molecule has 8 heteroatoms. The summed E-state index contributed by atoms with van der Waals surface area (Å²) in [6.07, 6.45) is 2.84. The number of furan rings is 1. The number of carboxylic acids is 2. The number of likely N-dealkylation sites (N-methyl/N-ethyl adjacent to an activating group) is 1. The van der Waals surface area contributed by atoms with Crippen LogP contribution in [-0.2, 0) is 32.0 Å². The predicted octanol–water partition coefficient (Wildman–Crippen LogP) is -0.212. The van der Waals surface area contributed by atoms with Crippen molar-refractivity contribution in [2.75, 3.05) is 26.2 Å². The fourth-order valence-electron chi connectivity index (χ4n) is 3.58. The Labute approximate surface area is 198 Å². The smallest absolute Gasteiger partial charge is 0.309 e. The Morgan fingerprint density at radius 3 is 2.18 bits per heavy atom. The van der Waals surface area contributed by atoms with E-state index in [1.54, 1.807) is 6.26 Å². The second kappa shape index (κ2) is 13.8. The molecule has 0 aliphatic rings. The van der Waals surface area contributed by atoms with Crippen LogP contribution in [0.2, 0.25) is 0 Å². The number of hydrogen-bond acceptors (Lipinski definition) is 7. The lowest BCUT2D eigenvalue weighted by Crippen LogP contribution is -3.11. The number of quaternary nitrogens is 1. The summed E-state index contributed by atoms with van der Waals surface area (Å²) in [4.78, 5) is 32.1. The maximum Gasteiger partial charge on any atom is 0.309 e. The Bertz CT molecular complexity index is 1050. The molecule has 0 saturated heterocycles. The van der Waals surface area contributed by atoms with Gasteiger partial charge in [0.2, 0.25) is 0 Å². The molecule has 0 radical (unpaired) electrons. The van der Waals surface area contributed by atoms with Crippen LogP contribution in [0.5, 0.6) is 0 Å². The van der Waals surface area contributed by atoms with Crippen molar-refractivity contribution in [3.8, 4) is 0 Å². The van der Waals surface area contributed by atoms with Crippen LogP contribution in [0.15, 0.2) is 65.3 Å². The third-order valence-electron chi connectivity index (χ3n) is 5.52. The molecule has 1 atom stereocenters. The normalized spacial score (nSPS) is 11.5. The fraction of sp³-hybridized carbons (Fsp3) is 0.346.